The number of esters is 1. The highest BCUT2D eigenvalue weighted by Crippen LogP contribution is 2.27. The van der Waals surface area contributed by atoms with Crippen molar-refractivity contribution in [1.82, 2.24) is 4.31 Å². The topological polar surface area (TPSA) is 113 Å². The third-order valence-electron chi connectivity index (χ3n) is 4.77. The summed E-state index contributed by atoms with van der Waals surface area (Å²) in [6.07, 6.45) is 1.23. The first-order chi connectivity index (χ1) is 15.1. The third kappa shape index (κ3) is 5.26. The van der Waals surface area contributed by atoms with Gasteiger partial charge in [0.05, 0.1) is 10.6 Å². The van der Waals surface area contributed by atoms with E-state index in [-0.39, 0.29) is 27.1 Å². The van der Waals surface area contributed by atoms with Crippen molar-refractivity contribution in [3.8, 4) is 0 Å². The lowest BCUT2D eigenvalue weighted by Gasteiger charge is -2.16. The molecule has 0 aliphatic carbocycles. The van der Waals surface area contributed by atoms with Crippen molar-refractivity contribution >= 4 is 50.8 Å². The summed E-state index contributed by atoms with van der Waals surface area (Å²) in [5, 5.41) is 2.49. The zero-order valence-corrected chi connectivity index (χ0v) is 19.1. The van der Waals surface area contributed by atoms with Crippen molar-refractivity contribution in [3.63, 3.8) is 0 Å². The van der Waals surface area contributed by atoms with Crippen molar-refractivity contribution in [2.45, 2.75) is 17.7 Å². The summed E-state index contributed by atoms with van der Waals surface area (Å²) in [6.45, 7) is 0.0104. The number of nitrogens with one attached hydrogen (secondary N) is 1. The number of rotatable bonds is 7. The van der Waals surface area contributed by atoms with Crippen LogP contribution < -0.4 is 10.2 Å². The zero-order valence-electron chi connectivity index (χ0n) is 17.5. The van der Waals surface area contributed by atoms with Crippen LogP contribution in [0.3, 0.4) is 0 Å². The Morgan fingerprint density at radius 1 is 1.19 bits per heavy atom. The van der Waals surface area contributed by atoms with Crippen LogP contribution in [0.5, 0.6) is 0 Å². The van der Waals surface area contributed by atoms with Gasteiger partial charge >= 0.3 is 5.97 Å². The van der Waals surface area contributed by atoms with Gasteiger partial charge in [-0.15, -0.1) is 0 Å². The van der Waals surface area contributed by atoms with E-state index in [0.29, 0.717) is 18.7 Å². The highest BCUT2D eigenvalue weighted by molar-refractivity contribution is 7.89. The predicted octanol–water partition coefficient (Wildman–Crippen LogP) is 2.51. The van der Waals surface area contributed by atoms with Gasteiger partial charge in [-0.3, -0.25) is 9.59 Å². The second-order valence-corrected chi connectivity index (χ2v) is 9.78. The molecule has 1 heterocycles. The molecular weight excluding hydrogens is 458 g/mol. The largest absolute Gasteiger partial charge is 0.452 e. The Balaban J connectivity index is 1.63. The van der Waals surface area contributed by atoms with Gasteiger partial charge in [0, 0.05) is 38.4 Å². The lowest BCUT2D eigenvalue weighted by atomic mass is 10.2. The number of sulfonamides is 1. The van der Waals surface area contributed by atoms with Gasteiger partial charge in [0.2, 0.25) is 15.9 Å². The molecule has 11 heteroatoms. The van der Waals surface area contributed by atoms with Crippen LogP contribution in [0.4, 0.5) is 11.4 Å². The number of carbonyl (C=O) groups excluding carboxylic acids is 3. The molecule has 1 saturated heterocycles. The number of halogens is 1. The van der Waals surface area contributed by atoms with Gasteiger partial charge in [-0.25, -0.2) is 17.5 Å². The molecule has 1 fully saturated rings. The van der Waals surface area contributed by atoms with Crippen molar-refractivity contribution < 1.29 is 27.5 Å². The van der Waals surface area contributed by atoms with Crippen LogP contribution >= 0.6 is 11.6 Å². The van der Waals surface area contributed by atoms with E-state index in [0.717, 1.165) is 10.7 Å². The molecule has 9 nitrogen and oxygen atoms in total. The van der Waals surface area contributed by atoms with Crippen LogP contribution in [0.25, 0.3) is 0 Å². The standard InChI is InChI=1S/C21H22ClN3O6S/c1-24(2)32(29,30)18-12-15(8-9-17(18)22)23-19(26)13-31-21(28)14-5-3-6-16(11-14)25-10-4-7-20(25)27/h3,5-6,8-9,11-12H,4,7,10,13H2,1-2H3,(H,23,26). The molecule has 0 spiro atoms. The van der Waals surface area contributed by atoms with E-state index in [9.17, 15) is 22.8 Å². The van der Waals surface area contributed by atoms with Gasteiger partial charge in [0.1, 0.15) is 4.90 Å². The lowest BCUT2D eigenvalue weighted by molar-refractivity contribution is -0.119. The average molecular weight is 480 g/mol. The number of amides is 2. The fraction of sp³-hybridized carbons (Fsp3) is 0.286. The maximum atomic E-state index is 12.3. The molecular formula is C21H22ClN3O6S. The molecule has 32 heavy (non-hydrogen) atoms. The maximum Gasteiger partial charge on any atom is 0.338 e. The van der Waals surface area contributed by atoms with E-state index < -0.39 is 28.5 Å². The Kier molecular flexibility index (Phi) is 7.17. The van der Waals surface area contributed by atoms with Gasteiger partial charge in [-0.2, -0.15) is 0 Å². The summed E-state index contributed by atoms with van der Waals surface area (Å²) in [5.74, 6) is -1.38. The van der Waals surface area contributed by atoms with Crippen LogP contribution in [-0.2, 0) is 24.3 Å². The summed E-state index contributed by atoms with van der Waals surface area (Å²) in [7, 11) is -1.07. The number of benzene rings is 2. The highest BCUT2D eigenvalue weighted by atomic mass is 35.5. The first-order valence-corrected chi connectivity index (χ1v) is 11.5. The van der Waals surface area contributed by atoms with Gasteiger partial charge in [-0.1, -0.05) is 17.7 Å². The smallest absolute Gasteiger partial charge is 0.338 e. The van der Waals surface area contributed by atoms with Gasteiger partial charge in [-0.05, 0) is 42.8 Å². The molecule has 0 saturated carbocycles. The van der Waals surface area contributed by atoms with Crippen molar-refractivity contribution in [3.05, 3.63) is 53.1 Å². The summed E-state index contributed by atoms with van der Waals surface area (Å²) in [6, 6.07) is 10.5. The Bertz CT molecular complexity index is 1170. The Morgan fingerprint density at radius 3 is 2.59 bits per heavy atom. The van der Waals surface area contributed by atoms with Crippen LogP contribution in [0.2, 0.25) is 5.02 Å². The summed E-state index contributed by atoms with van der Waals surface area (Å²) in [5.41, 5.74) is 0.994. The monoisotopic (exact) mass is 479 g/mol. The van der Waals surface area contributed by atoms with Gasteiger partial charge in [0.25, 0.3) is 5.91 Å². The number of nitrogens with zero attached hydrogens (tertiary/aromatic N) is 2. The van der Waals surface area contributed by atoms with Crippen molar-refractivity contribution in [2.24, 2.45) is 0 Å². The molecule has 2 amide bonds. The Labute approximate surface area is 190 Å². The fourth-order valence-electron chi connectivity index (χ4n) is 3.11. The van der Waals surface area contributed by atoms with E-state index in [4.69, 9.17) is 16.3 Å². The first-order valence-electron chi connectivity index (χ1n) is 9.69. The van der Waals surface area contributed by atoms with E-state index in [1.165, 1.54) is 38.4 Å². The summed E-state index contributed by atoms with van der Waals surface area (Å²) in [4.78, 5) is 37.9. The van der Waals surface area contributed by atoms with Crippen molar-refractivity contribution in [1.29, 1.82) is 0 Å². The molecule has 2 aromatic carbocycles. The molecule has 0 radical (unpaired) electrons. The molecule has 0 unspecified atom stereocenters. The summed E-state index contributed by atoms with van der Waals surface area (Å²) < 4.78 is 30.7. The van der Waals surface area contributed by atoms with Gasteiger partial charge < -0.3 is 15.0 Å². The van der Waals surface area contributed by atoms with Crippen LogP contribution in [0, 0.1) is 0 Å². The molecule has 0 aromatic heterocycles. The molecule has 1 N–H and O–H groups in total. The normalized spacial score (nSPS) is 14.0. The second kappa shape index (κ2) is 9.68. The first kappa shape index (κ1) is 23.7. The van der Waals surface area contributed by atoms with Crippen LogP contribution in [-0.4, -0.2) is 57.8 Å². The average Bonchev–Trinajstić information content (AvgIpc) is 3.19. The number of ether oxygens (including phenoxy) is 1. The number of hydrogen-bond donors (Lipinski definition) is 1. The number of hydrogen-bond acceptors (Lipinski definition) is 6. The molecule has 0 bridgehead atoms. The minimum absolute atomic E-state index is 0.00601. The quantitative estimate of drug-likeness (QED) is 0.610. The van der Waals surface area contributed by atoms with E-state index in [1.807, 2.05) is 0 Å². The van der Waals surface area contributed by atoms with E-state index in [2.05, 4.69) is 5.32 Å². The van der Waals surface area contributed by atoms with E-state index >= 15 is 0 Å². The molecule has 170 valence electrons. The third-order valence-corrected chi connectivity index (χ3v) is 7.07. The SMILES string of the molecule is CN(C)S(=O)(=O)c1cc(NC(=O)COC(=O)c2cccc(N3CCCC3=O)c2)ccc1Cl. The van der Waals surface area contributed by atoms with E-state index in [1.54, 1.807) is 23.1 Å². The molecule has 0 atom stereocenters. The molecule has 1 aliphatic heterocycles. The molecule has 3 rings (SSSR count). The van der Waals surface area contributed by atoms with Crippen LogP contribution in [0.1, 0.15) is 23.2 Å². The Hall–Kier alpha value is -2.95. The fourth-order valence-corrected chi connectivity index (χ4v) is 4.50. The Morgan fingerprint density at radius 2 is 1.94 bits per heavy atom. The van der Waals surface area contributed by atoms with Crippen LogP contribution in [0.15, 0.2) is 47.4 Å². The second-order valence-electron chi connectivity index (χ2n) is 7.26. The molecule has 2 aromatic rings. The van der Waals surface area contributed by atoms with Crippen molar-refractivity contribution in [2.75, 3.05) is 37.5 Å². The lowest BCUT2D eigenvalue weighted by Crippen LogP contribution is -2.24. The minimum Gasteiger partial charge on any atom is -0.452 e. The zero-order chi connectivity index (χ0) is 23.5. The summed E-state index contributed by atoms with van der Waals surface area (Å²) >= 11 is 5.99. The number of anilines is 2. The molecule has 1 aliphatic rings. The predicted molar refractivity (Wildman–Crippen MR) is 119 cm³/mol. The minimum atomic E-state index is -3.81. The number of carbonyl (C=O) groups is 3. The highest BCUT2D eigenvalue weighted by Gasteiger charge is 2.23. The maximum absolute atomic E-state index is 12.3. The van der Waals surface area contributed by atoms with Gasteiger partial charge in [0.15, 0.2) is 6.61 Å².